The molecule has 0 fully saturated rings. The first-order valence-electron chi connectivity index (χ1n) is 4.84. The van der Waals surface area contributed by atoms with Gasteiger partial charge in [-0.2, -0.15) is 5.48 Å². The minimum absolute atomic E-state index is 0.601. The van der Waals surface area contributed by atoms with Crippen molar-refractivity contribution in [3.63, 3.8) is 0 Å². The van der Waals surface area contributed by atoms with E-state index in [9.17, 15) is 0 Å². The maximum Gasteiger partial charge on any atom is 0.0572 e. The van der Waals surface area contributed by atoms with E-state index >= 15 is 0 Å². The molecule has 2 nitrogen and oxygen atoms in total. The van der Waals surface area contributed by atoms with Crippen LogP contribution in [0.5, 0.6) is 0 Å². The Labute approximate surface area is 104 Å². The summed E-state index contributed by atoms with van der Waals surface area (Å²) in [4.78, 5) is 6.09. The fraction of sp³-hybridized carbons (Fsp3) is 0.455. The molecule has 0 saturated carbocycles. The van der Waals surface area contributed by atoms with E-state index < -0.39 is 0 Å². The number of halogens is 1. The number of benzene rings is 1. The van der Waals surface area contributed by atoms with E-state index in [1.807, 2.05) is 11.8 Å². The molecule has 4 heteroatoms. The molecule has 0 bridgehead atoms. The normalized spacial score (nSPS) is 11.0. The van der Waals surface area contributed by atoms with Gasteiger partial charge in [0, 0.05) is 21.2 Å². The van der Waals surface area contributed by atoms with Gasteiger partial charge in [0.2, 0.25) is 0 Å². The highest BCUT2D eigenvalue weighted by Gasteiger charge is 2.04. The summed E-state index contributed by atoms with van der Waals surface area (Å²) >= 11 is 5.44. The van der Waals surface area contributed by atoms with E-state index in [-0.39, 0.29) is 0 Å². The minimum atomic E-state index is 0.601. The third-order valence-corrected chi connectivity index (χ3v) is 3.78. The minimum Gasteiger partial charge on any atom is -0.305 e. The van der Waals surface area contributed by atoms with Crippen molar-refractivity contribution in [2.75, 3.05) is 7.11 Å². The second-order valence-electron chi connectivity index (χ2n) is 3.46. The maximum absolute atomic E-state index is 4.81. The molecule has 0 atom stereocenters. The van der Waals surface area contributed by atoms with Crippen molar-refractivity contribution in [3.05, 3.63) is 28.2 Å². The van der Waals surface area contributed by atoms with Crippen LogP contribution in [0.15, 0.2) is 27.6 Å². The van der Waals surface area contributed by atoms with Crippen LogP contribution >= 0.6 is 27.7 Å². The molecule has 0 saturated heterocycles. The molecule has 15 heavy (non-hydrogen) atoms. The third kappa shape index (κ3) is 4.55. The Morgan fingerprint density at radius 3 is 2.73 bits per heavy atom. The van der Waals surface area contributed by atoms with Gasteiger partial charge in [-0.25, -0.2) is 0 Å². The molecule has 0 amide bonds. The summed E-state index contributed by atoms with van der Waals surface area (Å²) in [6.45, 7) is 5.11. The van der Waals surface area contributed by atoms with Crippen LogP contribution in [0.2, 0.25) is 0 Å². The highest BCUT2D eigenvalue weighted by atomic mass is 79.9. The quantitative estimate of drug-likeness (QED) is 0.661. The first-order valence-corrected chi connectivity index (χ1v) is 6.51. The van der Waals surface area contributed by atoms with Crippen molar-refractivity contribution in [1.82, 2.24) is 5.48 Å². The Hall–Kier alpha value is -0.0300. The lowest BCUT2D eigenvalue weighted by Gasteiger charge is -2.09. The number of rotatable bonds is 5. The van der Waals surface area contributed by atoms with Crippen molar-refractivity contribution in [2.24, 2.45) is 0 Å². The van der Waals surface area contributed by atoms with Gasteiger partial charge in [0.05, 0.1) is 7.11 Å². The molecular weight excluding hydrogens is 274 g/mol. The highest BCUT2D eigenvalue weighted by Crippen LogP contribution is 2.31. The fourth-order valence-corrected chi connectivity index (χ4v) is 2.69. The smallest absolute Gasteiger partial charge is 0.0572 e. The Bertz CT molecular complexity index is 317. The summed E-state index contributed by atoms with van der Waals surface area (Å²) in [6.07, 6.45) is 0. The number of nitrogens with one attached hydrogen (secondary N) is 1. The summed E-state index contributed by atoms with van der Waals surface area (Å²) in [5.74, 6) is 0. The Morgan fingerprint density at radius 1 is 1.47 bits per heavy atom. The molecule has 84 valence electrons. The zero-order valence-corrected chi connectivity index (χ0v) is 11.6. The molecule has 0 unspecified atom stereocenters. The van der Waals surface area contributed by atoms with Crippen molar-refractivity contribution in [3.8, 4) is 0 Å². The maximum atomic E-state index is 4.81. The second-order valence-corrected chi connectivity index (χ2v) is 5.93. The van der Waals surface area contributed by atoms with Crippen LogP contribution in [0.1, 0.15) is 19.4 Å². The summed E-state index contributed by atoms with van der Waals surface area (Å²) in [5.41, 5.74) is 4.03. The lowest BCUT2D eigenvalue weighted by atomic mass is 10.2. The molecule has 0 aliphatic heterocycles. The Balaban J connectivity index is 2.70. The molecule has 1 rings (SSSR count). The predicted molar refractivity (Wildman–Crippen MR) is 69.0 cm³/mol. The monoisotopic (exact) mass is 289 g/mol. The average Bonchev–Trinajstić information content (AvgIpc) is 2.18. The summed E-state index contributed by atoms with van der Waals surface area (Å²) in [5, 5.41) is 0.601. The molecule has 1 aromatic rings. The van der Waals surface area contributed by atoms with Crippen LogP contribution in [0.25, 0.3) is 0 Å². The number of thioether (sulfide) groups is 1. The zero-order valence-electron chi connectivity index (χ0n) is 9.21. The molecule has 0 aliphatic carbocycles. The van der Waals surface area contributed by atoms with Gasteiger partial charge in [0.1, 0.15) is 0 Å². The van der Waals surface area contributed by atoms with E-state index in [4.69, 9.17) is 4.84 Å². The molecule has 0 aliphatic rings. The Kier molecular flexibility index (Phi) is 5.68. The fourth-order valence-electron chi connectivity index (χ4n) is 1.16. The highest BCUT2D eigenvalue weighted by molar-refractivity contribution is 9.10. The van der Waals surface area contributed by atoms with E-state index in [0.29, 0.717) is 5.25 Å². The summed E-state index contributed by atoms with van der Waals surface area (Å²) in [6, 6.07) is 6.37. The number of hydrogen-bond acceptors (Lipinski definition) is 3. The molecule has 0 heterocycles. The van der Waals surface area contributed by atoms with E-state index in [1.54, 1.807) is 7.11 Å². The lowest BCUT2D eigenvalue weighted by molar-refractivity contribution is 0.0867. The summed E-state index contributed by atoms with van der Waals surface area (Å²) in [7, 11) is 1.62. The van der Waals surface area contributed by atoms with E-state index in [1.165, 1.54) is 10.5 Å². The standard InChI is InChI=1S/C11H16BrNOS/c1-8(2)15-11-5-4-9(6-10(11)12)7-13-14-3/h4-6,8,13H,7H2,1-3H3. The average molecular weight is 290 g/mol. The van der Waals surface area contributed by atoms with E-state index in [0.717, 1.165) is 11.0 Å². The van der Waals surface area contributed by atoms with Crippen molar-refractivity contribution >= 4 is 27.7 Å². The molecule has 0 aromatic heterocycles. The van der Waals surface area contributed by atoms with Gasteiger partial charge in [0.25, 0.3) is 0 Å². The van der Waals surface area contributed by atoms with Crippen molar-refractivity contribution in [1.29, 1.82) is 0 Å². The van der Waals surface area contributed by atoms with E-state index in [2.05, 4.69) is 53.5 Å². The predicted octanol–water partition coefficient (Wildman–Crippen LogP) is 3.60. The molecule has 0 spiro atoms. The molecule has 0 radical (unpaired) electrons. The topological polar surface area (TPSA) is 21.3 Å². The Morgan fingerprint density at radius 2 is 2.20 bits per heavy atom. The van der Waals surface area contributed by atoms with Crippen LogP contribution in [0.3, 0.4) is 0 Å². The van der Waals surface area contributed by atoms with Gasteiger partial charge in [-0.3, -0.25) is 0 Å². The summed E-state index contributed by atoms with van der Waals surface area (Å²) < 4.78 is 1.15. The SMILES string of the molecule is CONCc1ccc(SC(C)C)c(Br)c1. The van der Waals surface area contributed by atoms with Gasteiger partial charge in [0.15, 0.2) is 0 Å². The van der Waals surface area contributed by atoms with Crippen molar-refractivity contribution < 1.29 is 4.84 Å². The first kappa shape index (κ1) is 13.0. The van der Waals surface area contributed by atoms with Crippen molar-refractivity contribution in [2.45, 2.75) is 30.5 Å². The van der Waals surface area contributed by atoms with Gasteiger partial charge < -0.3 is 4.84 Å². The van der Waals surface area contributed by atoms with Crippen LogP contribution in [0.4, 0.5) is 0 Å². The zero-order chi connectivity index (χ0) is 11.3. The van der Waals surface area contributed by atoms with Crippen LogP contribution in [-0.2, 0) is 11.4 Å². The van der Waals surface area contributed by atoms with Crippen LogP contribution in [-0.4, -0.2) is 12.4 Å². The van der Waals surface area contributed by atoms with Gasteiger partial charge >= 0.3 is 0 Å². The molecule has 1 aromatic carbocycles. The van der Waals surface area contributed by atoms with Gasteiger partial charge in [-0.1, -0.05) is 19.9 Å². The third-order valence-electron chi connectivity index (χ3n) is 1.78. The lowest BCUT2D eigenvalue weighted by Crippen LogP contribution is -2.10. The van der Waals surface area contributed by atoms with Crippen LogP contribution < -0.4 is 5.48 Å². The van der Waals surface area contributed by atoms with Gasteiger partial charge in [-0.05, 0) is 33.6 Å². The number of hydroxylamine groups is 1. The van der Waals surface area contributed by atoms with Gasteiger partial charge in [-0.15, -0.1) is 11.8 Å². The molecule has 1 N–H and O–H groups in total. The molecular formula is C11H16BrNOS. The number of hydrogen-bond donors (Lipinski definition) is 1. The first-order chi connectivity index (χ1) is 7.13. The largest absolute Gasteiger partial charge is 0.305 e. The second kappa shape index (κ2) is 6.53. The van der Waals surface area contributed by atoms with Crippen LogP contribution in [0, 0.1) is 0 Å².